The zero-order valence-corrected chi connectivity index (χ0v) is 24.2. The normalized spacial score (nSPS) is 43.1. The number of hydrogen-bond acceptors (Lipinski definition) is 8. The molecular formula is C30H49FN6O3. The van der Waals surface area contributed by atoms with E-state index < -0.39 is 30.3 Å². The van der Waals surface area contributed by atoms with Crippen molar-refractivity contribution in [1.29, 1.82) is 0 Å². The molecule has 6 rings (SSSR count). The van der Waals surface area contributed by atoms with Gasteiger partial charge in [0.15, 0.2) is 5.78 Å². The van der Waals surface area contributed by atoms with E-state index in [1.165, 1.54) is 25.7 Å². The summed E-state index contributed by atoms with van der Waals surface area (Å²) in [5.74, 6) is -0.246. The molecule has 0 bridgehead atoms. The average Bonchev–Trinajstić information content (AvgIpc) is 3.36. The van der Waals surface area contributed by atoms with Gasteiger partial charge in [-0.1, -0.05) is 25.7 Å². The molecule has 3 heterocycles. The number of carbonyl (C=O) groups excluding carboxylic acids is 2. The summed E-state index contributed by atoms with van der Waals surface area (Å²) in [6, 6.07) is -1.82. The lowest BCUT2D eigenvalue weighted by Gasteiger charge is -2.62. The van der Waals surface area contributed by atoms with E-state index in [2.05, 4.69) is 20.0 Å². The molecule has 9 nitrogen and oxygen atoms in total. The number of halogens is 1. The van der Waals surface area contributed by atoms with Gasteiger partial charge in [-0.2, -0.15) is 0 Å². The fourth-order valence-corrected chi connectivity index (χ4v) is 8.88. The summed E-state index contributed by atoms with van der Waals surface area (Å²) in [4.78, 5) is 33.8. The van der Waals surface area contributed by atoms with E-state index in [0.717, 1.165) is 38.6 Å². The minimum Gasteiger partial charge on any atom is -0.369 e. The van der Waals surface area contributed by atoms with Gasteiger partial charge in [-0.3, -0.25) is 14.5 Å². The molecule has 5 N–H and O–H groups in total. The van der Waals surface area contributed by atoms with Gasteiger partial charge in [0, 0.05) is 37.9 Å². The van der Waals surface area contributed by atoms with Gasteiger partial charge in [-0.25, -0.2) is 4.39 Å². The number of amides is 1. The molecule has 3 aliphatic heterocycles. The van der Waals surface area contributed by atoms with Crippen LogP contribution in [0.3, 0.4) is 0 Å². The average molecular weight is 561 g/mol. The Morgan fingerprint density at radius 2 is 1.88 bits per heavy atom. The molecule has 11 atom stereocenters. The van der Waals surface area contributed by atoms with Crippen molar-refractivity contribution < 1.29 is 18.7 Å². The first-order chi connectivity index (χ1) is 19.2. The molecule has 224 valence electrons. The first kappa shape index (κ1) is 28.5. The van der Waals surface area contributed by atoms with Crippen molar-refractivity contribution in [3.63, 3.8) is 0 Å². The van der Waals surface area contributed by atoms with Crippen molar-refractivity contribution in [2.45, 2.75) is 106 Å². The molecule has 3 saturated carbocycles. The highest BCUT2D eigenvalue weighted by Crippen LogP contribution is 2.50. The molecule has 0 radical (unpaired) electrons. The third-order valence-electron chi connectivity index (χ3n) is 10.9. The Morgan fingerprint density at radius 1 is 1.12 bits per heavy atom. The number of hydrogen-bond donors (Lipinski definition) is 3. The number of rotatable bonds is 7. The van der Waals surface area contributed by atoms with E-state index in [-0.39, 0.29) is 41.5 Å². The Morgan fingerprint density at radius 3 is 2.58 bits per heavy atom. The van der Waals surface area contributed by atoms with E-state index >= 15 is 4.39 Å². The number of ketones is 1. The highest BCUT2D eigenvalue weighted by atomic mass is 19.1. The molecule has 10 heteroatoms. The number of alkyl halides is 1. The first-order valence-electron chi connectivity index (χ1n) is 15.8. The van der Waals surface area contributed by atoms with E-state index in [4.69, 9.17) is 16.2 Å². The predicted octanol–water partition coefficient (Wildman–Crippen LogP) is 1.01. The zero-order chi connectivity index (χ0) is 28.1. The van der Waals surface area contributed by atoms with Crippen molar-refractivity contribution in [1.82, 2.24) is 20.0 Å². The lowest BCUT2D eigenvalue weighted by molar-refractivity contribution is -0.222. The second-order valence-corrected chi connectivity index (χ2v) is 13.7. The highest BCUT2D eigenvalue weighted by Gasteiger charge is 2.63. The van der Waals surface area contributed by atoms with E-state index in [1.54, 1.807) is 0 Å². The molecule has 0 aromatic rings. The third-order valence-corrected chi connectivity index (χ3v) is 10.9. The van der Waals surface area contributed by atoms with Crippen LogP contribution in [0.25, 0.3) is 0 Å². The van der Waals surface area contributed by atoms with Crippen molar-refractivity contribution >= 4 is 11.7 Å². The molecule has 0 aromatic carbocycles. The standard InChI is InChI=1S/C30H49FN6O3/c1-35(2)11-6-5-10-34-30(39)20-16-37-21-13-17-7-3-4-8-18(17)14-22(21)40-29-26(37)23(28(20)38)25(33)24(31)27(29)36-12-9-19(32)15-36/h16-19,21-27,29H,3-15,32-33H2,1-2H3,(H,34,39)/t17?,18?,19-,21?,22?,23?,24?,25?,26?,27?,29?/m1/s1. The highest BCUT2D eigenvalue weighted by molar-refractivity contribution is 6.20. The third kappa shape index (κ3) is 5.12. The largest absolute Gasteiger partial charge is 0.369 e. The summed E-state index contributed by atoms with van der Waals surface area (Å²) in [5, 5.41) is 2.97. The maximum atomic E-state index is 16.3. The fourth-order valence-electron chi connectivity index (χ4n) is 8.88. The molecular weight excluding hydrogens is 511 g/mol. The van der Waals surface area contributed by atoms with Crippen LogP contribution in [-0.2, 0) is 14.3 Å². The monoisotopic (exact) mass is 560 g/mol. The number of Topliss-reactive ketones (excluding diaryl/α,β-unsaturated/α-hetero) is 1. The van der Waals surface area contributed by atoms with Crippen LogP contribution >= 0.6 is 0 Å². The number of ether oxygens (including phenoxy) is 1. The second-order valence-electron chi connectivity index (χ2n) is 13.7. The molecule has 1 amide bonds. The summed E-state index contributed by atoms with van der Waals surface area (Å²) < 4.78 is 23.3. The molecule has 10 unspecified atom stereocenters. The summed E-state index contributed by atoms with van der Waals surface area (Å²) in [6.07, 6.45) is 9.38. The maximum Gasteiger partial charge on any atom is 0.256 e. The van der Waals surface area contributed by atoms with Gasteiger partial charge in [0.2, 0.25) is 0 Å². The fraction of sp³-hybridized carbons (Fsp3) is 0.867. The number of morpholine rings is 1. The van der Waals surface area contributed by atoms with Gasteiger partial charge < -0.3 is 31.3 Å². The topological polar surface area (TPSA) is 117 Å². The lowest BCUT2D eigenvalue weighted by Crippen LogP contribution is -2.77. The summed E-state index contributed by atoms with van der Waals surface area (Å²) in [7, 11) is 4.05. The molecule has 5 fully saturated rings. The number of likely N-dealkylation sites (tertiary alicyclic amines) is 1. The summed E-state index contributed by atoms with van der Waals surface area (Å²) in [5.41, 5.74) is 13.0. The molecule has 40 heavy (non-hydrogen) atoms. The van der Waals surface area contributed by atoms with Crippen LogP contribution in [0.2, 0.25) is 0 Å². The smallest absolute Gasteiger partial charge is 0.256 e. The van der Waals surface area contributed by atoms with Crippen molar-refractivity contribution in [2.75, 3.05) is 40.3 Å². The zero-order valence-electron chi connectivity index (χ0n) is 24.2. The Balaban J connectivity index is 1.31. The SMILES string of the molecule is CN(C)CCCCNC(=O)C1=CN2C3CC4CCCCC4CC3OC3C(N4CC[C@@H](N)C4)C(F)C(N)C(C1=O)C32. The van der Waals surface area contributed by atoms with E-state index in [9.17, 15) is 9.59 Å². The van der Waals surface area contributed by atoms with Gasteiger partial charge in [0.05, 0.1) is 41.8 Å². The minimum atomic E-state index is -1.43. The summed E-state index contributed by atoms with van der Waals surface area (Å²) >= 11 is 0. The Kier molecular flexibility index (Phi) is 8.27. The van der Waals surface area contributed by atoms with Crippen LogP contribution in [0.5, 0.6) is 0 Å². The van der Waals surface area contributed by atoms with Crippen LogP contribution in [-0.4, -0.2) is 115 Å². The van der Waals surface area contributed by atoms with Crippen LogP contribution < -0.4 is 16.8 Å². The van der Waals surface area contributed by atoms with Crippen LogP contribution in [0.1, 0.15) is 57.8 Å². The van der Waals surface area contributed by atoms with Crippen molar-refractivity contribution in [3.8, 4) is 0 Å². The summed E-state index contributed by atoms with van der Waals surface area (Å²) in [6.45, 7) is 2.76. The molecule has 0 spiro atoms. The first-order valence-corrected chi connectivity index (χ1v) is 15.8. The maximum absolute atomic E-state index is 16.3. The van der Waals surface area contributed by atoms with Gasteiger partial charge >= 0.3 is 0 Å². The van der Waals surface area contributed by atoms with Crippen molar-refractivity contribution in [3.05, 3.63) is 11.8 Å². The molecule has 2 saturated heterocycles. The lowest BCUT2D eigenvalue weighted by atomic mass is 9.64. The number of nitrogens with one attached hydrogen (secondary N) is 1. The van der Waals surface area contributed by atoms with Crippen LogP contribution in [0.4, 0.5) is 4.39 Å². The van der Waals surface area contributed by atoms with Gasteiger partial charge in [-0.15, -0.1) is 0 Å². The molecule has 6 aliphatic rings. The number of nitrogens with two attached hydrogens (primary N) is 2. The predicted molar refractivity (Wildman–Crippen MR) is 151 cm³/mol. The van der Waals surface area contributed by atoms with Crippen LogP contribution in [0, 0.1) is 17.8 Å². The Bertz CT molecular complexity index is 994. The van der Waals surface area contributed by atoms with Crippen molar-refractivity contribution in [2.24, 2.45) is 29.2 Å². The number of nitrogens with zero attached hydrogens (tertiary/aromatic N) is 3. The second kappa shape index (κ2) is 11.6. The number of carbonyl (C=O) groups is 2. The van der Waals surface area contributed by atoms with Crippen LogP contribution in [0.15, 0.2) is 11.8 Å². The van der Waals surface area contributed by atoms with E-state index in [0.29, 0.717) is 31.5 Å². The number of unbranched alkanes of at least 4 members (excludes halogenated alkanes) is 1. The Labute approximate surface area is 238 Å². The quantitative estimate of drug-likeness (QED) is 0.312. The molecule has 3 aliphatic carbocycles. The van der Waals surface area contributed by atoms with Gasteiger partial charge in [0.25, 0.3) is 5.91 Å². The van der Waals surface area contributed by atoms with E-state index in [1.807, 2.05) is 20.3 Å². The Hall–Kier alpha value is -1.59. The molecule has 0 aromatic heterocycles. The van der Waals surface area contributed by atoms with Gasteiger partial charge in [-0.05, 0) is 64.6 Å². The minimum absolute atomic E-state index is 0.00664. The number of fused-ring (bicyclic) bond motifs is 3. The van der Waals surface area contributed by atoms with Gasteiger partial charge in [0.1, 0.15) is 6.17 Å².